The highest BCUT2D eigenvalue weighted by atomic mass is 35.5. The van der Waals surface area contributed by atoms with Gasteiger partial charge in [0.25, 0.3) is 5.91 Å². The Hall–Kier alpha value is -2.84. The number of carbonyl (C=O) groups excluding carboxylic acids is 2. The second kappa shape index (κ2) is 9.02. The monoisotopic (exact) mass is 370 g/mol. The van der Waals surface area contributed by atoms with E-state index >= 15 is 0 Å². The number of halogens is 1. The zero-order valence-electron chi connectivity index (χ0n) is 14.5. The van der Waals surface area contributed by atoms with Crippen LogP contribution in [0.5, 0.6) is 0 Å². The Bertz CT molecular complexity index is 826. The van der Waals surface area contributed by atoms with E-state index in [1.807, 2.05) is 19.9 Å². The molecule has 0 aromatic heterocycles. The van der Waals surface area contributed by atoms with Crippen LogP contribution >= 0.6 is 11.6 Å². The third kappa shape index (κ3) is 5.33. The van der Waals surface area contributed by atoms with Crippen LogP contribution in [0.15, 0.2) is 48.5 Å². The first-order valence-corrected chi connectivity index (χ1v) is 8.50. The van der Waals surface area contributed by atoms with Crippen LogP contribution in [0, 0.1) is 17.2 Å². The highest BCUT2D eigenvalue weighted by Crippen LogP contribution is 2.27. The first-order valence-electron chi connectivity index (χ1n) is 8.13. The summed E-state index contributed by atoms with van der Waals surface area (Å²) in [4.78, 5) is 24.5. The number of esters is 1. The minimum atomic E-state index is -0.484. The number of hydrogen-bond acceptors (Lipinski definition) is 4. The Kier molecular flexibility index (Phi) is 6.76. The quantitative estimate of drug-likeness (QED) is 0.775. The van der Waals surface area contributed by atoms with Crippen LogP contribution in [0.2, 0.25) is 5.02 Å². The van der Waals surface area contributed by atoms with Gasteiger partial charge in [0.1, 0.15) is 0 Å². The van der Waals surface area contributed by atoms with E-state index in [4.69, 9.17) is 21.6 Å². The van der Waals surface area contributed by atoms with E-state index < -0.39 is 24.4 Å². The molecular formula is C20H19ClN2O3. The number of amides is 1. The molecule has 0 saturated carbocycles. The molecule has 0 heterocycles. The Morgan fingerprint density at radius 1 is 1.19 bits per heavy atom. The lowest BCUT2D eigenvalue weighted by Crippen LogP contribution is -2.26. The number of rotatable bonds is 6. The van der Waals surface area contributed by atoms with E-state index in [1.54, 1.807) is 48.5 Å². The highest BCUT2D eigenvalue weighted by molar-refractivity contribution is 6.30. The summed E-state index contributed by atoms with van der Waals surface area (Å²) in [5.41, 5.74) is 1.70. The molecular weight excluding hydrogens is 352 g/mol. The van der Waals surface area contributed by atoms with Gasteiger partial charge in [-0.15, -0.1) is 0 Å². The highest BCUT2D eigenvalue weighted by Gasteiger charge is 2.26. The lowest BCUT2D eigenvalue weighted by Gasteiger charge is -2.20. The van der Waals surface area contributed by atoms with Gasteiger partial charge < -0.3 is 10.1 Å². The number of ether oxygens (including phenoxy) is 1. The lowest BCUT2D eigenvalue weighted by atomic mass is 9.88. The zero-order valence-corrected chi connectivity index (χ0v) is 15.3. The lowest BCUT2D eigenvalue weighted by molar-refractivity contribution is -0.149. The van der Waals surface area contributed by atoms with Gasteiger partial charge in [0.2, 0.25) is 0 Å². The maximum atomic E-state index is 12.4. The van der Waals surface area contributed by atoms with Crippen molar-refractivity contribution in [2.75, 3.05) is 11.9 Å². The number of hydrogen-bond donors (Lipinski definition) is 1. The van der Waals surface area contributed by atoms with Gasteiger partial charge in [-0.1, -0.05) is 43.6 Å². The second-order valence-corrected chi connectivity index (χ2v) is 6.56. The topological polar surface area (TPSA) is 79.2 Å². The van der Waals surface area contributed by atoms with Crippen molar-refractivity contribution >= 4 is 29.2 Å². The van der Waals surface area contributed by atoms with Crippen molar-refractivity contribution in [1.82, 2.24) is 0 Å². The smallest absolute Gasteiger partial charge is 0.314 e. The number of nitrogens with zero attached hydrogens (tertiary/aromatic N) is 1. The maximum absolute atomic E-state index is 12.4. The van der Waals surface area contributed by atoms with Crippen LogP contribution in [0.4, 0.5) is 5.69 Å². The molecule has 0 saturated heterocycles. The van der Waals surface area contributed by atoms with Crippen LogP contribution in [-0.4, -0.2) is 18.5 Å². The summed E-state index contributed by atoms with van der Waals surface area (Å²) in [5.74, 6) is -1.42. The summed E-state index contributed by atoms with van der Waals surface area (Å²) in [6.45, 7) is 3.43. The van der Waals surface area contributed by atoms with Gasteiger partial charge in [-0.05, 0) is 41.8 Å². The molecule has 0 aliphatic heterocycles. The van der Waals surface area contributed by atoms with Crippen LogP contribution in [0.25, 0.3) is 0 Å². The molecule has 0 aliphatic rings. The van der Waals surface area contributed by atoms with E-state index in [-0.39, 0.29) is 5.92 Å². The second-order valence-electron chi connectivity index (χ2n) is 6.12. The minimum absolute atomic E-state index is 0.000883. The van der Waals surface area contributed by atoms with Crippen molar-refractivity contribution in [3.05, 3.63) is 64.7 Å². The van der Waals surface area contributed by atoms with Gasteiger partial charge in [-0.2, -0.15) is 5.26 Å². The fraction of sp³-hybridized carbons (Fsp3) is 0.250. The van der Waals surface area contributed by atoms with E-state index in [0.717, 1.165) is 5.56 Å². The summed E-state index contributed by atoms with van der Waals surface area (Å²) >= 11 is 5.89. The van der Waals surface area contributed by atoms with Crippen molar-refractivity contribution in [2.24, 2.45) is 5.92 Å². The SMILES string of the molecule is CC(C)[C@H](C(=O)OCC(=O)Nc1cccc(C#N)c1)c1ccc(Cl)cc1. The molecule has 134 valence electrons. The average Bonchev–Trinajstić information content (AvgIpc) is 2.61. The van der Waals surface area contributed by atoms with Gasteiger partial charge in [-0.3, -0.25) is 9.59 Å². The number of benzene rings is 2. The third-order valence-corrected chi connectivity index (χ3v) is 4.02. The number of anilines is 1. The van der Waals surface area contributed by atoms with Crippen LogP contribution in [0.1, 0.15) is 30.9 Å². The molecule has 2 rings (SSSR count). The maximum Gasteiger partial charge on any atom is 0.314 e. The Balaban J connectivity index is 1.97. The molecule has 6 heteroatoms. The Morgan fingerprint density at radius 2 is 1.88 bits per heavy atom. The molecule has 0 radical (unpaired) electrons. The van der Waals surface area contributed by atoms with E-state index in [0.29, 0.717) is 16.3 Å². The number of carbonyl (C=O) groups is 2. The van der Waals surface area contributed by atoms with Crippen LogP contribution in [0.3, 0.4) is 0 Å². The van der Waals surface area contributed by atoms with E-state index in [2.05, 4.69) is 5.32 Å². The largest absolute Gasteiger partial charge is 0.455 e. The van der Waals surface area contributed by atoms with Crippen molar-refractivity contribution in [3.63, 3.8) is 0 Å². The predicted molar refractivity (Wildman–Crippen MR) is 99.8 cm³/mol. The summed E-state index contributed by atoms with van der Waals surface area (Å²) in [7, 11) is 0. The van der Waals surface area contributed by atoms with E-state index in [9.17, 15) is 9.59 Å². The van der Waals surface area contributed by atoms with Crippen molar-refractivity contribution in [3.8, 4) is 6.07 Å². The molecule has 5 nitrogen and oxygen atoms in total. The van der Waals surface area contributed by atoms with Gasteiger partial charge in [0, 0.05) is 10.7 Å². The zero-order chi connectivity index (χ0) is 19.1. The van der Waals surface area contributed by atoms with Crippen molar-refractivity contribution in [1.29, 1.82) is 5.26 Å². The summed E-state index contributed by atoms with van der Waals surface area (Å²) in [5, 5.41) is 12.1. The van der Waals surface area contributed by atoms with Crippen LogP contribution in [-0.2, 0) is 14.3 Å². The third-order valence-electron chi connectivity index (χ3n) is 3.77. The first-order chi connectivity index (χ1) is 12.4. The van der Waals surface area contributed by atoms with E-state index in [1.165, 1.54) is 0 Å². The number of nitrogens with one attached hydrogen (secondary N) is 1. The average molecular weight is 371 g/mol. The van der Waals surface area contributed by atoms with Gasteiger partial charge >= 0.3 is 5.97 Å². The summed E-state index contributed by atoms with van der Waals surface area (Å²) < 4.78 is 5.19. The molecule has 0 aliphatic carbocycles. The predicted octanol–water partition coefficient (Wildman–Crippen LogP) is 4.13. The summed E-state index contributed by atoms with van der Waals surface area (Å²) in [6.07, 6.45) is 0. The Morgan fingerprint density at radius 3 is 2.50 bits per heavy atom. The first kappa shape index (κ1) is 19.5. The van der Waals surface area contributed by atoms with Crippen LogP contribution < -0.4 is 5.32 Å². The van der Waals surface area contributed by atoms with Crippen molar-refractivity contribution in [2.45, 2.75) is 19.8 Å². The van der Waals surface area contributed by atoms with Crippen molar-refractivity contribution < 1.29 is 14.3 Å². The molecule has 0 unspecified atom stereocenters. The normalized spacial score (nSPS) is 11.5. The fourth-order valence-electron chi connectivity index (χ4n) is 2.55. The van der Waals surface area contributed by atoms with Gasteiger partial charge in [-0.25, -0.2) is 0 Å². The fourth-order valence-corrected chi connectivity index (χ4v) is 2.68. The van der Waals surface area contributed by atoms with Gasteiger partial charge in [0.15, 0.2) is 6.61 Å². The standard InChI is InChI=1S/C20H19ClN2O3/c1-13(2)19(15-6-8-16(21)9-7-15)20(25)26-12-18(24)23-17-5-3-4-14(10-17)11-22/h3-10,13,19H,12H2,1-2H3,(H,23,24)/t19-/m0/s1. The van der Waals surface area contributed by atoms with Gasteiger partial charge in [0.05, 0.1) is 17.6 Å². The molecule has 2 aromatic rings. The molecule has 0 spiro atoms. The molecule has 2 aromatic carbocycles. The Labute approximate surface area is 157 Å². The molecule has 0 bridgehead atoms. The number of nitriles is 1. The summed E-state index contributed by atoms with van der Waals surface area (Å²) in [6, 6.07) is 15.5. The molecule has 1 N–H and O–H groups in total. The molecule has 26 heavy (non-hydrogen) atoms. The molecule has 0 fully saturated rings. The molecule has 1 amide bonds. The minimum Gasteiger partial charge on any atom is -0.455 e. The molecule has 1 atom stereocenters.